The number of aromatic amines is 1. The zero-order valence-electron chi connectivity index (χ0n) is 22.0. The molecule has 0 aliphatic heterocycles. The number of hydrogen-bond donors (Lipinski definition) is 3. The van der Waals surface area contributed by atoms with Gasteiger partial charge in [0.05, 0.1) is 16.7 Å². The predicted octanol–water partition coefficient (Wildman–Crippen LogP) is 5.99. The van der Waals surface area contributed by atoms with E-state index in [9.17, 15) is 23.4 Å². The number of alkyl halides is 3. The van der Waals surface area contributed by atoms with Crippen molar-refractivity contribution in [2.75, 3.05) is 13.6 Å². The molecule has 4 aromatic rings. The molecule has 4 rings (SSSR count). The molecule has 1 aromatic carbocycles. The summed E-state index contributed by atoms with van der Waals surface area (Å²) in [5, 5.41) is 21.8. The average molecular weight is 527 g/mol. The number of aromatic nitrogens is 3. The Morgan fingerprint density at radius 2 is 1.79 bits per heavy atom. The molecule has 0 fully saturated rings. The molecule has 3 aromatic heterocycles. The van der Waals surface area contributed by atoms with E-state index in [-0.39, 0.29) is 11.4 Å². The van der Waals surface area contributed by atoms with E-state index in [2.05, 4.69) is 19.9 Å². The van der Waals surface area contributed by atoms with E-state index >= 15 is 0 Å². The van der Waals surface area contributed by atoms with Gasteiger partial charge in [-0.25, -0.2) is 4.98 Å². The Morgan fingerprint density at radius 3 is 2.45 bits per heavy atom. The predicted molar refractivity (Wildman–Crippen MR) is 142 cm³/mol. The molecule has 0 amide bonds. The van der Waals surface area contributed by atoms with Crippen LogP contribution in [0.5, 0.6) is 5.75 Å². The second-order valence-electron chi connectivity index (χ2n) is 10.6. The number of hydrogen-bond acceptors (Lipinski definition) is 5. The number of fused-ring (bicyclic) bond motifs is 1. The Balaban J connectivity index is 1.65. The number of nitrogens with one attached hydrogen (secondary N) is 1. The number of rotatable bonds is 9. The molecule has 1 unspecified atom stereocenters. The van der Waals surface area contributed by atoms with Gasteiger partial charge in [-0.05, 0) is 67.4 Å². The SMILES string of the molecule is CCN(C)Cc1ccc2[nH]c(CC(O)(CC(C)(C)c3cc(-c4cccnc4)ccc3O)C(F)(F)F)cc2n1. The lowest BCUT2D eigenvalue weighted by atomic mass is 9.72. The number of benzene rings is 1. The molecule has 0 saturated carbocycles. The minimum Gasteiger partial charge on any atom is -0.508 e. The van der Waals surface area contributed by atoms with Crippen LogP contribution < -0.4 is 0 Å². The Morgan fingerprint density at radius 1 is 1.03 bits per heavy atom. The monoisotopic (exact) mass is 526 g/mol. The third-order valence-corrected chi connectivity index (χ3v) is 7.03. The number of phenols is 1. The van der Waals surface area contributed by atoms with Gasteiger partial charge in [0, 0.05) is 42.2 Å². The largest absolute Gasteiger partial charge is 0.508 e. The van der Waals surface area contributed by atoms with Gasteiger partial charge in [-0.3, -0.25) is 4.98 Å². The Bertz CT molecular complexity index is 1400. The summed E-state index contributed by atoms with van der Waals surface area (Å²) in [6.07, 6.45) is -2.99. The summed E-state index contributed by atoms with van der Waals surface area (Å²) in [6, 6.07) is 13.6. The Kier molecular flexibility index (Phi) is 7.54. The van der Waals surface area contributed by atoms with Crippen LogP contribution in [-0.2, 0) is 18.4 Å². The van der Waals surface area contributed by atoms with Crippen molar-refractivity contribution < 1.29 is 23.4 Å². The number of phenolic OH excluding ortho intramolecular Hbond substituents is 1. The first-order chi connectivity index (χ1) is 17.8. The molecular formula is C29H33F3N4O2. The van der Waals surface area contributed by atoms with Crippen LogP contribution in [0.3, 0.4) is 0 Å². The van der Waals surface area contributed by atoms with E-state index in [0.717, 1.165) is 17.8 Å². The van der Waals surface area contributed by atoms with Crippen LogP contribution in [0.25, 0.3) is 22.2 Å². The minimum absolute atomic E-state index is 0.133. The summed E-state index contributed by atoms with van der Waals surface area (Å²) in [6.45, 7) is 6.67. The van der Waals surface area contributed by atoms with Gasteiger partial charge in [0.25, 0.3) is 0 Å². The first kappa shape index (κ1) is 27.6. The van der Waals surface area contributed by atoms with Crippen molar-refractivity contribution in [2.24, 2.45) is 0 Å². The molecule has 0 aliphatic rings. The summed E-state index contributed by atoms with van der Waals surface area (Å²) in [5.41, 5.74) is -0.299. The van der Waals surface area contributed by atoms with Crippen molar-refractivity contribution in [2.45, 2.75) is 57.3 Å². The molecule has 0 radical (unpaired) electrons. The van der Waals surface area contributed by atoms with Crippen molar-refractivity contribution in [1.82, 2.24) is 19.9 Å². The van der Waals surface area contributed by atoms with Crippen molar-refractivity contribution in [3.63, 3.8) is 0 Å². The number of H-pyrrole nitrogens is 1. The lowest BCUT2D eigenvalue weighted by Gasteiger charge is -2.38. The number of aliphatic hydroxyl groups is 1. The number of aromatic hydroxyl groups is 1. The molecule has 3 heterocycles. The highest BCUT2D eigenvalue weighted by molar-refractivity contribution is 5.76. The van der Waals surface area contributed by atoms with Crippen LogP contribution in [-0.4, -0.2) is 55.4 Å². The maximum absolute atomic E-state index is 14.4. The van der Waals surface area contributed by atoms with Gasteiger partial charge >= 0.3 is 6.18 Å². The zero-order valence-corrected chi connectivity index (χ0v) is 22.0. The van der Waals surface area contributed by atoms with Crippen molar-refractivity contribution in [3.05, 3.63) is 77.9 Å². The molecule has 0 bridgehead atoms. The fourth-order valence-electron chi connectivity index (χ4n) is 4.87. The van der Waals surface area contributed by atoms with Crippen molar-refractivity contribution in [3.8, 4) is 16.9 Å². The van der Waals surface area contributed by atoms with Crippen molar-refractivity contribution >= 4 is 11.0 Å². The summed E-state index contributed by atoms with van der Waals surface area (Å²) in [5.74, 6) is -0.133. The molecule has 1 atom stereocenters. The molecule has 0 spiro atoms. The van der Waals surface area contributed by atoms with Gasteiger partial charge in [-0.2, -0.15) is 13.2 Å². The van der Waals surface area contributed by atoms with Gasteiger partial charge in [0.2, 0.25) is 0 Å². The van der Waals surface area contributed by atoms with Crippen LogP contribution in [0.2, 0.25) is 0 Å². The average Bonchev–Trinajstić information content (AvgIpc) is 3.24. The minimum atomic E-state index is -4.92. The topological polar surface area (TPSA) is 85.3 Å². The summed E-state index contributed by atoms with van der Waals surface area (Å²) < 4.78 is 43.3. The van der Waals surface area contributed by atoms with Gasteiger partial charge in [0.15, 0.2) is 5.60 Å². The molecule has 9 heteroatoms. The fourth-order valence-corrected chi connectivity index (χ4v) is 4.87. The fraction of sp³-hybridized carbons (Fsp3) is 0.379. The number of pyridine rings is 2. The van der Waals surface area contributed by atoms with E-state index in [1.54, 1.807) is 56.6 Å². The first-order valence-electron chi connectivity index (χ1n) is 12.5. The van der Waals surface area contributed by atoms with Crippen molar-refractivity contribution in [1.29, 1.82) is 0 Å². The maximum atomic E-state index is 14.4. The van der Waals surface area contributed by atoms with Gasteiger partial charge in [0.1, 0.15) is 5.75 Å². The lowest BCUT2D eigenvalue weighted by molar-refractivity contribution is -0.266. The van der Waals surface area contributed by atoms with E-state index in [0.29, 0.717) is 28.7 Å². The van der Waals surface area contributed by atoms with E-state index in [4.69, 9.17) is 0 Å². The number of nitrogens with zero attached hydrogens (tertiary/aromatic N) is 3. The third kappa shape index (κ3) is 5.84. The molecular weight excluding hydrogens is 493 g/mol. The summed E-state index contributed by atoms with van der Waals surface area (Å²) in [4.78, 5) is 13.7. The zero-order chi connectivity index (χ0) is 27.7. The van der Waals surface area contributed by atoms with Gasteiger partial charge in [-0.1, -0.05) is 32.9 Å². The normalized spacial score (nSPS) is 14.2. The van der Waals surface area contributed by atoms with Crippen LogP contribution >= 0.6 is 0 Å². The van der Waals surface area contributed by atoms with E-state index < -0.39 is 30.0 Å². The summed E-state index contributed by atoms with van der Waals surface area (Å²) in [7, 11) is 1.96. The highest BCUT2D eigenvalue weighted by Crippen LogP contribution is 2.45. The molecule has 3 N–H and O–H groups in total. The first-order valence-corrected chi connectivity index (χ1v) is 12.5. The van der Waals surface area contributed by atoms with Crippen LogP contribution in [0.4, 0.5) is 13.2 Å². The third-order valence-electron chi connectivity index (χ3n) is 7.03. The number of halogens is 3. The van der Waals surface area contributed by atoms with Gasteiger partial charge < -0.3 is 20.1 Å². The molecule has 202 valence electrons. The molecule has 38 heavy (non-hydrogen) atoms. The van der Waals surface area contributed by atoms with Crippen LogP contribution in [0.1, 0.15) is 44.1 Å². The van der Waals surface area contributed by atoms with E-state index in [1.807, 2.05) is 26.1 Å². The lowest BCUT2D eigenvalue weighted by Crippen LogP contribution is -2.50. The Labute approximate surface area is 220 Å². The maximum Gasteiger partial charge on any atom is 0.417 e. The molecule has 6 nitrogen and oxygen atoms in total. The van der Waals surface area contributed by atoms with Crippen LogP contribution in [0.15, 0.2) is 60.9 Å². The second-order valence-corrected chi connectivity index (χ2v) is 10.6. The van der Waals surface area contributed by atoms with Crippen LogP contribution in [0, 0.1) is 0 Å². The smallest absolute Gasteiger partial charge is 0.417 e. The molecule has 0 saturated heterocycles. The van der Waals surface area contributed by atoms with Gasteiger partial charge in [-0.15, -0.1) is 0 Å². The highest BCUT2D eigenvalue weighted by atomic mass is 19.4. The Hall–Kier alpha value is -3.43. The standard InChI is InChI=1S/C29H33F3N4O2/c1-5-36(4)17-21-9-10-24-25(34-21)14-22(35-24)15-28(38,29(30,31)32)18-27(2,3)23-13-19(8-11-26(23)37)20-7-6-12-33-16-20/h6-14,16,35,37-38H,5,15,17-18H2,1-4H3. The molecule has 0 aliphatic carbocycles. The summed E-state index contributed by atoms with van der Waals surface area (Å²) >= 11 is 0. The van der Waals surface area contributed by atoms with E-state index in [1.165, 1.54) is 6.07 Å². The second kappa shape index (κ2) is 10.4. The highest BCUT2D eigenvalue weighted by Gasteiger charge is 2.56. The quantitative estimate of drug-likeness (QED) is 0.250.